The summed E-state index contributed by atoms with van der Waals surface area (Å²) in [7, 11) is 1.99. The molecule has 0 spiro atoms. The molecule has 1 aromatic carbocycles. The quantitative estimate of drug-likeness (QED) is 0.737. The van der Waals surface area contributed by atoms with Crippen LogP contribution in [0.2, 0.25) is 0 Å². The van der Waals surface area contributed by atoms with Gasteiger partial charge in [-0.3, -0.25) is 4.79 Å². The molecule has 0 bridgehead atoms. The van der Waals surface area contributed by atoms with Crippen molar-refractivity contribution in [2.75, 3.05) is 17.7 Å². The Balaban J connectivity index is 2.00. The molecule has 0 fully saturated rings. The molecule has 6 heteroatoms. The molecule has 2 aliphatic rings. The lowest BCUT2D eigenvalue weighted by atomic mass is 10.3. The van der Waals surface area contributed by atoms with Gasteiger partial charge in [0.15, 0.2) is 5.70 Å². The Labute approximate surface area is 124 Å². The molecule has 0 aliphatic carbocycles. The molecule has 0 radical (unpaired) electrons. The lowest BCUT2D eigenvalue weighted by Crippen LogP contribution is -2.12. The molecule has 2 aliphatic heterocycles. The van der Waals surface area contributed by atoms with E-state index >= 15 is 0 Å². The lowest BCUT2D eigenvalue weighted by Gasteiger charge is -2.13. The van der Waals surface area contributed by atoms with Crippen molar-refractivity contribution in [3.8, 4) is 0 Å². The predicted octanol–water partition coefficient (Wildman–Crippen LogP) is 3.78. The number of aliphatic imine (C=N–C) groups is 1. The summed E-state index contributed by atoms with van der Waals surface area (Å²) >= 11 is 4.48. The van der Waals surface area contributed by atoms with E-state index in [1.807, 2.05) is 19.2 Å². The van der Waals surface area contributed by atoms with Crippen LogP contribution in [0.5, 0.6) is 0 Å². The average molecular weight is 308 g/mol. The minimum Gasteiger partial charge on any atom is -0.336 e. The third-order valence-corrected chi connectivity index (χ3v) is 5.89. The fourth-order valence-corrected chi connectivity index (χ4v) is 4.87. The van der Waals surface area contributed by atoms with Gasteiger partial charge in [-0.1, -0.05) is 42.6 Å². The van der Waals surface area contributed by atoms with E-state index in [4.69, 9.17) is 0 Å². The van der Waals surface area contributed by atoms with Crippen molar-refractivity contribution >= 4 is 50.5 Å². The monoisotopic (exact) mass is 308 g/mol. The molecule has 0 amide bonds. The molecule has 1 aromatic rings. The first kappa shape index (κ1) is 13.1. The average Bonchev–Trinajstić information content (AvgIpc) is 2.92. The van der Waals surface area contributed by atoms with Gasteiger partial charge < -0.3 is 4.90 Å². The van der Waals surface area contributed by atoms with Crippen molar-refractivity contribution in [2.24, 2.45) is 4.99 Å². The van der Waals surface area contributed by atoms with Crippen molar-refractivity contribution in [3.05, 3.63) is 35.0 Å². The molecule has 0 atom stereocenters. The normalized spacial score (nSPS) is 21.9. The Morgan fingerprint density at radius 1 is 1.32 bits per heavy atom. The van der Waals surface area contributed by atoms with Gasteiger partial charge in [-0.25, -0.2) is 4.99 Å². The topological polar surface area (TPSA) is 32.7 Å². The first-order valence-corrected chi connectivity index (χ1v) is 8.51. The minimum atomic E-state index is 0.0538. The van der Waals surface area contributed by atoms with Crippen LogP contribution in [0.25, 0.3) is 0 Å². The molecule has 0 saturated heterocycles. The maximum atomic E-state index is 12.1. The first-order valence-electron chi connectivity index (χ1n) is 5.89. The summed E-state index contributed by atoms with van der Waals surface area (Å²) in [5, 5.41) is 0.989. The SMILES string of the molecule is CCSC1=NC(=C2Sc3ccccc3N2C)C(=O)S1. The summed E-state index contributed by atoms with van der Waals surface area (Å²) in [5.41, 5.74) is 1.73. The van der Waals surface area contributed by atoms with Crippen molar-refractivity contribution in [2.45, 2.75) is 11.8 Å². The maximum absolute atomic E-state index is 12.1. The Bertz CT molecular complexity index is 610. The van der Waals surface area contributed by atoms with Crippen molar-refractivity contribution in [1.82, 2.24) is 0 Å². The summed E-state index contributed by atoms with van der Waals surface area (Å²) in [6.07, 6.45) is 0. The van der Waals surface area contributed by atoms with Gasteiger partial charge in [0.25, 0.3) is 0 Å². The van der Waals surface area contributed by atoms with E-state index in [1.165, 1.54) is 16.7 Å². The van der Waals surface area contributed by atoms with E-state index in [0.29, 0.717) is 5.70 Å². The summed E-state index contributed by atoms with van der Waals surface area (Å²) in [4.78, 5) is 19.8. The minimum absolute atomic E-state index is 0.0538. The lowest BCUT2D eigenvalue weighted by molar-refractivity contribution is -0.107. The van der Waals surface area contributed by atoms with E-state index in [9.17, 15) is 4.79 Å². The third kappa shape index (κ3) is 2.32. The fraction of sp³-hybridized carbons (Fsp3) is 0.231. The van der Waals surface area contributed by atoms with Crippen LogP contribution in [0.15, 0.2) is 44.9 Å². The second kappa shape index (κ2) is 5.26. The van der Waals surface area contributed by atoms with Crippen LogP contribution in [0.3, 0.4) is 0 Å². The van der Waals surface area contributed by atoms with E-state index in [2.05, 4.69) is 28.9 Å². The highest BCUT2D eigenvalue weighted by molar-refractivity contribution is 8.45. The summed E-state index contributed by atoms with van der Waals surface area (Å²) in [5.74, 6) is 0.935. The number of carbonyl (C=O) groups is 1. The number of carbonyl (C=O) groups excluding carboxylic acids is 1. The van der Waals surface area contributed by atoms with Gasteiger partial charge in [0.05, 0.1) is 5.69 Å². The number of nitrogens with zero attached hydrogens (tertiary/aromatic N) is 2. The van der Waals surface area contributed by atoms with Gasteiger partial charge in [-0.2, -0.15) is 0 Å². The van der Waals surface area contributed by atoms with Crippen LogP contribution in [-0.4, -0.2) is 22.3 Å². The first-order chi connectivity index (χ1) is 9.20. The van der Waals surface area contributed by atoms with Crippen molar-refractivity contribution < 1.29 is 4.79 Å². The molecule has 2 heterocycles. The van der Waals surface area contributed by atoms with Crippen LogP contribution in [0.1, 0.15) is 6.92 Å². The standard InChI is InChI=1S/C13H12N2OS3/c1-3-17-13-14-10(12(16)19-13)11-15(2)8-6-4-5-7-9(8)18-11/h4-7H,3H2,1-2H3. The van der Waals surface area contributed by atoms with Gasteiger partial charge in [-0.05, 0) is 29.6 Å². The van der Waals surface area contributed by atoms with Crippen LogP contribution < -0.4 is 4.90 Å². The third-order valence-electron chi connectivity index (χ3n) is 2.78. The second-order valence-corrected chi connectivity index (χ2v) is 7.49. The smallest absolute Gasteiger partial charge is 0.247 e. The van der Waals surface area contributed by atoms with Crippen molar-refractivity contribution in [3.63, 3.8) is 0 Å². The zero-order valence-electron chi connectivity index (χ0n) is 10.5. The number of para-hydroxylation sites is 1. The number of hydrogen-bond acceptors (Lipinski definition) is 6. The molecule has 0 unspecified atom stereocenters. The highest BCUT2D eigenvalue weighted by Crippen LogP contribution is 2.48. The van der Waals surface area contributed by atoms with Gasteiger partial charge in [0.1, 0.15) is 9.40 Å². The molecule has 98 valence electrons. The van der Waals surface area contributed by atoms with Crippen LogP contribution >= 0.6 is 35.3 Å². The Morgan fingerprint density at radius 2 is 2.11 bits per heavy atom. The number of rotatable bonds is 1. The highest BCUT2D eigenvalue weighted by atomic mass is 32.2. The molecule has 0 saturated carbocycles. The van der Waals surface area contributed by atoms with E-state index in [1.54, 1.807) is 23.5 Å². The maximum Gasteiger partial charge on any atom is 0.247 e. The number of fused-ring (bicyclic) bond motifs is 1. The van der Waals surface area contributed by atoms with Crippen LogP contribution in [0, 0.1) is 0 Å². The summed E-state index contributed by atoms with van der Waals surface area (Å²) < 4.78 is 0.861. The number of benzene rings is 1. The van der Waals surface area contributed by atoms with Gasteiger partial charge >= 0.3 is 0 Å². The fourth-order valence-electron chi connectivity index (χ4n) is 1.92. The molecule has 0 aromatic heterocycles. The Kier molecular flexibility index (Phi) is 3.64. The second-order valence-electron chi connectivity index (χ2n) is 3.98. The highest BCUT2D eigenvalue weighted by Gasteiger charge is 2.32. The number of thioether (sulfide) groups is 3. The summed E-state index contributed by atoms with van der Waals surface area (Å²) in [6, 6.07) is 8.16. The molecule has 19 heavy (non-hydrogen) atoms. The Morgan fingerprint density at radius 3 is 2.84 bits per heavy atom. The molecule has 3 rings (SSSR count). The van der Waals surface area contributed by atoms with Crippen LogP contribution in [-0.2, 0) is 4.79 Å². The van der Waals surface area contributed by atoms with Crippen LogP contribution in [0.4, 0.5) is 5.69 Å². The zero-order chi connectivity index (χ0) is 13.4. The zero-order valence-corrected chi connectivity index (χ0v) is 13.0. The van der Waals surface area contributed by atoms with E-state index in [0.717, 1.165) is 20.8 Å². The number of hydrogen-bond donors (Lipinski definition) is 0. The summed E-state index contributed by atoms with van der Waals surface area (Å²) in [6.45, 7) is 2.07. The van der Waals surface area contributed by atoms with Crippen molar-refractivity contribution in [1.29, 1.82) is 0 Å². The van der Waals surface area contributed by atoms with E-state index in [-0.39, 0.29) is 5.12 Å². The number of anilines is 1. The van der Waals surface area contributed by atoms with E-state index < -0.39 is 0 Å². The Hall–Kier alpha value is -0.850. The molecular weight excluding hydrogens is 296 g/mol. The molecular formula is C13H12N2OS3. The molecule has 3 nitrogen and oxygen atoms in total. The van der Waals surface area contributed by atoms with Gasteiger partial charge in [0, 0.05) is 11.9 Å². The largest absolute Gasteiger partial charge is 0.336 e. The van der Waals surface area contributed by atoms with Gasteiger partial charge in [-0.15, -0.1) is 0 Å². The van der Waals surface area contributed by atoms with Gasteiger partial charge in [0.2, 0.25) is 5.12 Å². The molecule has 0 N–H and O–H groups in total. The predicted molar refractivity (Wildman–Crippen MR) is 85.9 cm³/mol.